The molecule has 12 aromatic rings. The first-order valence-corrected chi connectivity index (χ1v) is 20.1. The normalized spacial score (nSPS) is 12.0. The van der Waals surface area contributed by atoms with Crippen LogP contribution >= 0.6 is 22.7 Å². The molecule has 4 heterocycles. The first-order valence-electron chi connectivity index (χ1n) is 18.5. The summed E-state index contributed by atoms with van der Waals surface area (Å²) in [7, 11) is 0. The molecule has 0 amide bonds. The molecule has 4 aromatic heterocycles. The van der Waals surface area contributed by atoms with E-state index in [0.29, 0.717) is 0 Å². The number of rotatable bonds is 4. The number of hydrogen-bond acceptors (Lipinski definition) is 4. The summed E-state index contributed by atoms with van der Waals surface area (Å²) in [4.78, 5) is 10.7. The molecule has 0 saturated heterocycles. The van der Waals surface area contributed by atoms with Crippen LogP contribution in [-0.2, 0) is 0 Å². The molecule has 0 radical (unpaired) electrons. The molecule has 0 aliphatic rings. The van der Waals surface area contributed by atoms with Gasteiger partial charge in [0.2, 0.25) is 0 Å². The summed E-state index contributed by atoms with van der Waals surface area (Å²) in [6.45, 7) is 0. The Balaban J connectivity index is 1.08. The number of benzene rings is 8. The number of thiophene rings is 2. The van der Waals surface area contributed by atoms with Crippen molar-refractivity contribution in [2.45, 2.75) is 0 Å². The van der Waals surface area contributed by atoms with Crippen LogP contribution in [0.15, 0.2) is 176 Å². The van der Waals surface area contributed by atoms with Gasteiger partial charge in [-0.25, -0.2) is 9.97 Å². The number of hydrogen-bond donors (Lipinski definition) is 0. The molecule has 12 rings (SSSR count). The van der Waals surface area contributed by atoms with Gasteiger partial charge in [-0.05, 0) is 52.9 Å². The highest BCUT2D eigenvalue weighted by atomic mass is 32.1. The maximum atomic E-state index is 5.39. The van der Waals surface area contributed by atoms with E-state index in [9.17, 15) is 0 Å². The van der Waals surface area contributed by atoms with Crippen LogP contribution in [0.1, 0.15) is 0 Å². The first-order chi connectivity index (χ1) is 27.3. The van der Waals surface area contributed by atoms with Gasteiger partial charge in [0.25, 0.3) is 0 Å². The second-order valence-electron chi connectivity index (χ2n) is 14.1. The van der Waals surface area contributed by atoms with E-state index in [1.54, 1.807) is 11.3 Å². The van der Waals surface area contributed by atoms with Gasteiger partial charge in [0.15, 0.2) is 5.82 Å². The summed E-state index contributed by atoms with van der Waals surface area (Å²) >= 11 is 3.61. The molecule has 256 valence electrons. The van der Waals surface area contributed by atoms with Crippen molar-refractivity contribution in [2.24, 2.45) is 0 Å². The Labute approximate surface area is 324 Å². The molecule has 8 aromatic carbocycles. The van der Waals surface area contributed by atoms with Gasteiger partial charge in [0, 0.05) is 57.5 Å². The lowest BCUT2D eigenvalue weighted by atomic mass is 10.0. The number of nitrogens with zero attached hydrogens (tertiary/aromatic N) is 3. The summed E-state index contributed by atoms with van der Waals surface area (Å²) in [6, 6.07) is 63.5. The van der Waals surface area contributed by atoms with Gasteiger partial charge in [-0.1, -0.05) is 140 Å². The summed E-state index contributed by atoms with van der Waals surface area (Å²) in [5.74, 6) is 0.740. The Morgan fingerprint density at radius 1 is 0.418 bits per heavy atom. The van der Waals surface area contributed by atoms with Crippen LogP contribution in [0.25, 0.3) is 113 Å². The van der Waals surface area contributed by atoms with Gasteiger partial charge in [-0.3, -0.25) is 0 Å². The zero-order chi connectivity index (χ0) is 36.0. The van der Waals surface area contributed by atoms with Crippen LogP contribution in [0.5, 0.6) is 0 Å². The Kier molecular flexibility index (Phi) is 6.67. The average Bonchev–Trinajstić information content (AvgIpc) is 3.93. The van der Waals surface area contributed by atoms with E-state index in [2.05, 4.69) is 180 Å². The number of para-hydroxylation sites is 1. The first kappa shape index (κ1) is 30.8. The van der Waals surface area contributed by atoms with Gasteiger partial charge >= 0.3 is 0 Å². The fourth-order valence-electron chi connectivity index (χ4n) is 8.51. The van der Waals surface area contributed by atoms with Crippen LogP contribution in [0.4, 0.5) is 0 Å². The smallest absolute Gasteiger partial charge is 0.160 e. The lowest BCUT2D eigenvalue weighted by Crippen LogP contribution is -1.95. The minimum Gasteiger partial charge on any atom is -0.308 e. The Hall–Kier alpha value is -6.66. The summed E-state index contributed by atoms with van der Waals surface area (Å²) in [6.07, 6.45) is 0. The molecule has 55 heavy (non-hydrogen) atoms. The molecule has 0 aliphatic carbocycles. The second kappa shape index (κ2) is 11.9. The van der Waals surface area contributed by atoms with Crippen molar-refractivity contribution in [2.75, 3.05) is 0 Å². The molecule has 5 heteroatoms. The fraction of sp³-hybridized carbons (Fsp3) is 0. The summed E-state index contributed by atoms with van der Waals surface area (Å²) in [5, 5.41) is 8.71. The van der Waals surface area contributed by atoms with Crippen molar-refractivity contribution < 1.29 is 0 Å². The molecule has 0 fully saturated rings. The highest BCUT2D eigenvalue weighted by Crippen LogP contribution is 2.44. The third-order valence-corrected chi connectivity index (χ3v) is 13.3. The van der Waals surface area contributed by atoms with E-state index >= 15 is 0 Å². The highest BCUT2D eigenvalue weighted by molar-refractivity contribution is 7.26. The molecule has 3 nitrogen and oxygen atoms in total. The molecule has 0 N–H and O–H groups in total. The maximum absolute atomic E-state index is 5.39. The van der Waals surface area contributed by atoms with Crippen LogP contribution in [-0.4, -0.2) is 14.5 Å². The van der Waals surface area contributed by atoms with Gasteiger partial charge in [0.1, 0.15) is 0 Å². The lowest BCUT2D eigenvalue weighted by Gasteiger charge is -2.12. The molecule has 0 atom stereocenters. The van der Waals surface area contributed by atoms with Crippen LogP contribution in [0.3, 0.4) is 0 Å². The monoisotopic (exact) mass is 735 g/mol. The number of aromatic nitrogens is 3. The van der Waals surface area contributed by atoms with Gasteiger partial charge < -0.3 is 4.57 Å². The largest absolute Gasteiger partial charge is 0.308 e. The zero-order valence-corrected chi connectivity index (χ0v) is 31.0. The Bertz CT molecular complexity index is 3500. The Morgan fingerprint density at radius 3 is 2.07 bits per heavy atom. The van der Waals surface area contributed by atoms with Crippen molar-refractivity contribution in [3.8, 4) is 39.5 Å². The number of fused-ring (bicyclic) bond motifs is 11. The maximum Gasteiger partial charge on any atom is 0.160 e. The van der Waals surface area contributed by atoms with Crippen LogP contribution < -0.4 is 0 Å². The van der Waals surface area contributed by atoms with Crippen molar-refractivity contribution in [1.82, 2.24) is 14.5 Å². The van der Waals surface area contributed by atoms with Crippen LogP contribution in [0.2, 0.25) is 0 Å². The predicted molar refractivity (Wildman–Crippen MR) is 236 cm³/mol. The van der Waals surface area contributed by atoms with Crippen LogP contribution in [0, 0.1) is 0 Å². The van der Waals surface area contributed by atoms with Crippen molar-refractivity contribution in [3.05, 3.63) is 176 Å². The Morgan fingerprint density at radius 2 is 1.15 bits per heavy atom. The lowest BCUT2D eigenvalue weighted by molar-refractivity contribution is 1.21. The van der Waals surface area contributed by atoms with Crippen molar-refractivity contribution in [1.29, 1.82) is 0 Å². The molecule has 0 aliphatic heterocycles. The zero-order valence-electron chi connectivity index (χ0n) is 29.4. The predicted octanol–water partition coefficient (Wildman–Crippen LogP) is 14.5. The molecule has 0 saturated carbocycles. The molecule has 0 spiro atoms. The van der Waals surface area contributed by atoms with E-state index in [0.717, 1.165) is 38.2 Å². The van der Waals surface area contributed by atoms with E-state index in [1.807, 2.05) is 11.3 Å². The van der Waals surface area contributed by atoms with Crippen molar-refractivity contribution in [3.63, 3.8) is 0 Å². The SMILES string of the molecule is c1ccc(-c2cccc(-c3nc(-c4ccc5c(c4)sc4cccc(-n6c7ccccc7c7ccc8ccccc8c76)c45)nc4c3sc3ccccc34)c2)cc1. The summed E-state index contributed by atoms with van der Waals surface area (Å²) < 4.78 is 7.30. The third kappa shape index (κ3) is 4.67. The summed E-state index contributed by atoms with van der Waals surface area (Å²) in [5.41, 5.74) is 10.1. The molecular formula is C50H29N3S2. The molecular weight excluding hydrogens is 707 g/mol. The van der Waals surface area contributed by atoms with Gasteiger partial charge in [0.05, 0.1) is 32.6 Å². The second-order valence-corrected chi connectivity index (χ2v) is 16.3. The topological polar surface area (TPSA) is 30.7 Å². The molecule has 0 bridgehead atoms. The average molecular weight is 736 g/mol. The molecule has 0 unspecified atom stereocenters. The van der Waals surface area contributed by atoms with E-state index in [4.69, 9.17) is 9.97 Å². The minimum absolute atomic E-state index is 0.740. The van der Waals surface area contributed by atoms with E-state index in [1.165, 1.54) is 74.3 Å². The van der Waals surface area contributed by atoms with E-state index in [-0.39, 0.29) is 0 Å². The minimum atomic E-state index is 0.740. The van der Waals surface area contributed by atoms with Gasteiger partial charge in [-0.2, -0.15) is 0 Å². The fourth-order valence-corrected chi connectivity index (χ4v) is 10.8. The van der Waals surface area contributed by atoms with Crippen molar-refractivity contribution >= 4 is 95.7 Å². The standard InChI is InChI=1S/C50H29N3S2/c1-2-12-30(13-3-1)32-15-10-16-33(28-32)46-49-47(39-19-7-9-22-42(39)55-49)52-50(51-46)34-25-27-38-44(29-34)54-43-23-11-21-41(45(38)43)53-40-20-8-6-18-36(40)37-26-24-31-14-4-5-17-35(31)48(37)53/h1-29H. The highest BCUT2D eigenvalue weighted by Gasteiger charge is 2.21. The third-order valence-electron chi connectivity index (χ3n) is 11.0. The quantitative estimate of drug-likeness (QED) is 0.180. The van der Waals surface area contributed by atoms with E-state index < -0.39 is 0 Å². The van der Waals surface area contributed by atoms with Gasteiger partial charge in [-0.15, -0.1) is 22.7 Å².